The van der Waals surface area contributed by atoms with Crippen molar-refractivity contribution < 1.29 is 18.0 Å². The van der Waals surface area contributed by atoms with E-state index in [0.29, 0.717) is 5.69 Å². The maximum absolute atomic E-state index is 12.3. The third-order valence-corrected chi connectivity index (χ3v) is 2.69. The zero-order valence-corrected chi connectivity index (χ0v) is 11.2. The number of hydrogen-bond acceptors (Lipinski definition) is 3. The molecule has 0 aliphatic heterocycles. The van der Waals surface area contributed by atoms with Crippen LogP contribution in [0.4, 0.5) is 13.2 Å². The Labute approximate surface area is 123 Å². The monoisotopic (exact) mass is 312 g/mol. The van der Waals surface area contributed by atoms with Crippen molar-refractivity contribution >= 4 is 23.5 Å². The van der Waals surface area contributed by atoms with Gasteiger partial charge in [-0.2, -0.15) is 13.2 Å². The summed E-state index contributed by atoms with van der Waals surface area (Å²) in [5.41, 5.74) is -0.517. The molecule has 0 amide bonds. The number of aromatic nitrogens is 2. The number of carbonyl (C=O) groups excluding carboxylic acids is 1. The number of nitrogens with zero attached hydrogens (tertiary/aromatic N) is 2. The number of alkyl halides is 3. The average Bonchev–Trinajstić information content (AvgIpc) is 2.44. The molecule has 0 bridgehead atoms. The average molecular weight is 313 g/mol. The minimum Gasteiger partial charge on any atom is -0.289 e. The summed E-state index contributed by atoms with van der Waals surface area (Å²) in [4.78, 5) is 19.0. The van der Waals surface area contributed by atoms with E-state index in [9.17, 15) is 18.0 Å². The predicted molar refractivity (Wildman–Crippen MR) is 71.9 cm³/mol. The first kappa shape index (κ1) is 15.2. The van der Waals surface area contributed by atoms with Gasteiger partial charge in [-0.25, -0.2) is 4.98 Å². The topological polar surface area (TPSA) is 42.9 Å². The van der Waals surface area contributed by atoms with E-state index in [1.165, 1.54) is 12.2 Å². The second kappa shape index (κ2) is 6.05. The van der Waals surface area contributed by atoms with Crippen LogP contribution in [0.1, 0.15) is 21.7 Å². The molecule has 21 heavy (non-hydrogen) atoms. The molecular formula is C14H8ClF3N2O. The lowest BCUT2D eigenvalue weighted by atomic mass is 10.1. The summed E-state index contributed by atoms with van der Waals surface area (Å²) in [5, 5.41) is 0.279. The van der Waals surface area contributed by atoms with E-state index >= 15 is 0 Å². The molecule has 0 atom stereocenters. The van der Waals surface area contributed by atoms with E-state index < -0.39 is 17.7 Å². The fourth-order valence-corrected chi connectivity index (χ4v) is 1.65. The van der Waals surface area contributed by atoms with Gasteiger partial charge in [-0.15, -0.1) is 0 Å². The van der Waals surface area contributed by atoms with Gasteiger partial charge in [0, 0.05) is 11.8 Å². The molecule has 2 rings (SSSR count). The maximum Gasteiger partial charge on any atom is 0.433 e. The Bertz CT molecular complexity index is 681. The van der Waals surface area contributed by atoms with Gasteiger partial charge in [0.05, 0.1) is 5.69 Å². The summed E-state index contributed by atoms with van der Waals surface area (Å²) < 4.78 is 37.0. The molecule has 0 spiro atoms. The van der Waals surface area contributed by atoms with Crippen LogP contribution in [0.25, 0.3) is 6.08 Å². The van der Waals surface area contributed by atoms with Crippen molar-refractivity contribution in [3.8, 4) is 0 Å². The van der Waals surface area contributed by atoms with Crippen LogP contribution in [0, 0.1) is 0 Å². The molecule has 0 saturated heterocycles. The first-order valence-corrected chi connectivity index (χ1v) is 6.12. The zero-order chi connectivity index (χ0) is 15.5. The van der Waals surface area contributed by atoms with E-state index in [-0.39, 0.29) is 10.7 Å². The van der Waals surface area contributed by atoms with Crippen LogP contribution in [0.5, 0.6) is 0 Å². The van der Waals surface area contributed by atoms with Crippen LogP contribution in [0.15, 0.2) is 42.6 Å². The molecule has 0 aliphatic carbocycles. The van der Waals surface area contributed by atoms with Gasteiger partial charge in [0.1, 0.15) is 10.8 Å². The lowest BCUT2D eigenvalue weighted by molar-refractivity contribution is -0.141. The second-order valence-corrected chi connectivity index (χ2v) is 4.40. The van der Waals surface area contributed by atoms with Gasteiger partial charge in [0.15, 0.2) is 5.78 Å². The number of allylic oxidation sites excluding steroid dienone is 1. The fourth-order valence-electron chi connectivity index (χ4n) is 1.48. The van der Waals surface area contributed by atoms with Gasteiger partial charge in [-0.1, -0.05) is 17.7 Å². The van der Waals surface area contributed by atoms with Crippen LogP contribution in [-0.4, -0.2) is 15.8 Å². The van der Waals surface area contributed by atoms with Crippen molar-refractivity contribution in [2.24, 2.45) is 0 Å². The number of ketones is 1. The van der Waals surface area contributed by atoms with Gasteiger partial charge >= 0.3 is 6.18 Å². The molecule has 108 valence electrons. The highest BCUT2D eigenvalue weighted by atomic mass is 35.5. The van der Waals surface area contributed by atoms with Gasteiger partial charge < -0.3 is 0 Å². The molecule has 0 fully saturated rings. The Hall–Kier alpha value is -2.21. The highest BCUT2D eigenvalue weighted by molar-refractivity contribution is 6.29. The summed E-state index contributed by atoms with van der Waals surface area (Å²) in [6.07, 6.45) is -1.02. The molecule has 0 aliphatic rings. The van der Waals surface area contributed by atoms with E-state index in [4.69, 9.17) is 11.6 Å². The quantitative estimate of drug-likeness (QED) is 0.488. The Balaban J connectivity index is 2.14. The third-order valence-electron chi connectivity index (χ3n) is 2.48. The zero-order valence-electron chi connectivity index (χ0n) is 10.4. The summed E-state index contributed by atoms with van der Waals surface area (Å²) in [6, 6.07) is 6.73. The van der Waals surface area contributed by atoms with Gasteiger partial charge in [-0.05, 0) is 36.4 Å². The van der Waals surface area contributed by atoms with Crippen LogP contribution in [0.2, 0.25) is 5.15 Å². The first-order valence-electron chi connectivity index (χ1n) is 5.74. The summed E-state index contributed by atoms with van der Waals surface area (Å²) in [5.74, 6) is -0.474. The van der Waals surface area contributed by atoms with Crippen molar-refractivity contribution in [2.45, 2.75) is 6.18 Å². The Morgan fingerprint density at radius 3 is 2.52 bits per heavy atom. The van der Waals surface area contributed by atoms with Gasteiger partial charge in [0.25, 0.3) is 0 Å². The third kappa shape index (κ3) is 4.13. The summed E-state index contributed by atoms with van der Waals surface area (Å²) in [6.45, 7) is 0. The Kier molecular flexibility index (Phi) is 4.37. The molecule has 7 heteroatoms. The fraction of sp³-hybridized carbons (Fsp3) is 0.0714. The second-order valence-electron chi connectivity index (χ2n) is 4.01. The first-order chi connectivity index (χ1) is 9.86. The van der Waals surface area contributed by atoms with Crippen molar-refractivity contribution in [1.29, 1.82) is 0 Å². The molecule has 0 N–H and O–H groups in total. The molecule has 0 unspecified atom stereocenters. The van der Waals surface area contributed by atoms with Crippen molar-refractivity contribution in [1.82, 2.24) is 9.97 Å². The van der Waals surface area contributed by atoms with E-state index in [0.717, 1.165) is 18.3 Å². The number of hydrogen-bond donors (Lipinski definition) is 0. The van der Waals surface area contributed by atoms with E-state index in [1.54, 1.807) is 18.2 Å². The smallest absolute Gasteiger partial charge is 0.289 e. The number of carbonyl (C=O) groups is 1. The molecule has 0 aromatic carbocycles. The highest BCUT2D eigenvalue weighted by Gasteiger charge is 2.32. The normalized spacial score (nSPS) is 11.8. The van der Waals surface area contributed by atoms with E-state index in [2.05, 4.69) is 9.97 Å². The minimum atomic E-state index is -4.53. The highest BCUT2D eigenvalue weighted by Crippen LogP contribution is 2.27. The van der Waals surface area contributed by atoms with E-state index in [1.807, 2.05) is 0 Å². The maximum atomic E-state index is 12.3. The van der Waals surface area contributed by atoms with Gasteiger partial charge in [0.2, 0.25) is 0 Å². The molecular weight excluding hydrogens is 305 g/mol. The van der Waals surface area contributed by atoms with Gasteiger partial charge in [-0.3, -0.25) is 9.78 Å². The lowest BCUT2D eigenvalue weighted by Gasteiger charge is -2.05. The van der Waals surface area contributed by atoms with Crippen LogP contribution < -0.4 is 0 Å². The summed E-state index contributed by atoms with van der Waals surface area (Å²) >= 11 is 5.69. The van der Waals surface area contributed by atoms with Crippen LogP contribution >= 0.6 is 11.6 Å². The lowest BCUT2D eigenvalue weighted by Crippen LogP contribution is -2.08. The SMILES string of the molecule is O=C(/C=C/c1cccc(Cl)n1)c1ccc(C(F)(F)F)nc1. The van der Waals surface area contributed by atoms with Crippen molar-refractivity contribution in [3.05, 3.63) is 64.7 Å². The molecule has 2 heterocycles. The van der Waals surface area contributed by atoms with Crippen molar-refractivity contribution in [3.63, 3.8) is 0 Å². The Morgan fingerprint density at radius 1 is 1.19 bits per heavy atom. The largest absolute Gasteiger partial charge is 0.433 e. The van der Waals surface area contributed by atoms with Crippen LogP contribution in [-0.2, 0) is 6.18 Å². The molecule has 0 saturated carbocycles. The minimum absolute atomic E-state index is 0.0567. The molecule has 3 nitrogen and oxygen atoms in total. The summed E-state index contributed by atoms with van der Waals surface area (Å²) in [7, 11) is 0. The van der Waals surface area contributed by atoms with Crippen LogP contribution in [0.3, 0.4) is 0 Å². The Morgan fingerprint density at radius 2 is 1.95 bits per heavy atom. The molecule has 2 aromatic heterocycles. The molecule has 0 radical (unpaired) electrons. The number of rotatable bonds is 3. The molecule has 2 aromatic rings. The number of pyridine rings is 2. The van der Waals surface area contributed by atoms with Crippen molar-refractivity contribution in [2.75, 3.05) is 0 Å². The predicted octanol–water partition coefficient (Wildman–Crippen LogP) is 4.04. The standard InChI is InChI=1S/C14H8ClF3N2O/c15-13-3-1-2-10(20-13)5-6-11(21)9-4-7-12(19-8-9)14(16,17)18/h1-8H/b6-5+. The number of halogens is 4.